The average molecular weight is 268 g/mol. The summed E-state index contributed by atoms with van der Waals surface area (Å²) in [4.78, 5) is 2.27. The topological polar surface area (TPSA) is 42.3 Å². The van der Waals surface area contributed by atoms with Crippen LogP contribution in [0.4, 0.5) is 0 Å². The minimum Gasteiger partial charge on any atom is -0.383 e. The Hall–Kier alpha value is -0.910. The Morgan fingerprint density at radius 2 is 2.16 bits per heavy atom. The summed E-state index contributed by atoms with van der Waals surface area (Å²) in [5, 5.41) is 8.00. The van der Waals surface area contributed by atoms with E-state index in [1.54, 1.807) is 7.11 Å². The molecule has 1 aromatic heterocycles. The summed E-state index contributed by atoms with van der Waals surface area (Å²) in [7, 11) is 5.83. The Balaban J connectivity index is 2.29. The van der Waals surface area contributed by atoms with Crippen molar-refractivity contribution in [2.45, 2.75) is 26.3 Å². The maximum Gasteiger partial charge on any atom is 0.0694 e. The molecule has 5 nitrogen and oxygen atoms in total. The summed E-state index contributed by atoms with van der Waals surface area (Å²) in [6, 6.07) is 0. The Kier molecular flexibility index (Phi) is 7.05. The monoisotopic (exact) mass is 268 g/mol. The lowest BCUT2D eigenvalue weighted by molar-refractivity contribution is 0.161. The van der Waals surface area contributed by atoms with E-state index in [2.05, 4.69) is 42.4 Å². The van der Waals surface area contributed by atoms with Gasteiger partial charge in [0.25, 0.3) is 0 Å². The van der Waals surface area contributed by atoms with Gasteiger partial charge in [0.15, 0.2) is 0 Å². The first-order valence-corrected chi connectivity index (χ1v) is 6.95. The van der Waals surface area contributed by atoms with Gasteiger partial charge in [-0.05, 0) is 13.0 Å². The van der Waals surface area contributed by atoms with Crippen molar-refractivity contribution in [3.63, 3.8) is 0 Å². The van der Waals surface area contributed by atoms with Crippen molar-refractivity contribution >= 4 is 0 Å². The summed E-state index contributed by atoms with van der Waals surface area (Å²) < 4.78 is 6.96. The lowest BCUT2D eigenvalue weighted by Gasteiger charge is -2.16. The molecular weight excluding hydrogens is 240 g/mol. The molecule has 19 heavy (non-hydrogen) atoms. The highest BCUT2D eigenvalue weighted by Gasteiger charge is 2.10. The van der Waals surface area contributed by atoms with Crippen molar-refractivity contribution in [1.29, 1.82) is 0 Å². The fraction of sp³-hybridized carbons (Fsp3) is 0.786. The first-order chi connectivity index (χ1) is 9.04. The summed E-state index contributed by atoms with van der Waals surface area (Å²) in [6.07, 6.45) is 2.11. The van der Waals surface area contributed by atoms with Crippen LogP contribution in [-0.4, -0.2) is 55.1 Å². The van der Waals surface area contributed by atoms with E-state index in [0.717, 1.165) is 32.8 Å². The van der Waals surface area contributed by atoms with Gasteiger partial charge in [0.05, 0.1) is 12.3 Å². The number of hydrogen-bond donors (Lipinski definition) is 1. The van der Waals surface area contributed by atoms with Gasteiger partial charge in [-0.15, -0.1) is 0 Å². The second-order valence-corrected chi connectivity index (χ2v) is 5.34. The van der Waals surface area contributed by atoms with Crippen LogP contribution in [0.5, 0.6) is 0 Å². The highest BCUT2D eigenvalue weighted by atomic mass is 16.5. The average Bonchev–Trinajstić information content (AvgIpc) is 2.73. The number of ether oxygens (including phenoxy) is 1. The molecule has 5 heteroatoms. The third-order valence-electron chi connectivity index (χ3n) is 3.15. The number of hydrogen-bond acceptors (Lipinski definition) is 4. The molecule has 1 N–H and O–H groups in total. The van der Waals surface area contributed by atoms with Crippen LogP contribution in [0.25, 0.3) is 0 Å². The van der Waals surface area contributed by atoms with Gasteiger partial charge >= 0.3 is 0 Å². The Morgan fingerprint density at radius 3 is 2.79 bits per heavy atom. The van der Waals surface area contributed by atoms with Gasteiger partial charge in [0.2, 0.25) is 0 Å². The normalized spacial score (nSPS) is 11.7. The molecule has 1 heterocycles. The molecule has 0 spiro atoms. The molecule has 1 rings (SSSR count). The van der Waals surface area contributed by atoms with Crippen molar-refractivity contribution in [3.8, 4) is 0 Å². The Morgan fingerprint density at radius 1 is 1.42 bits per heavy atom. The predicted molar refractivity (Wildman–Crippen MR) is 78.4 cm³/mol. The zero-order valence-electron chi connectivity index (χ0n) is 12.9. The quantitative estimate of drug-likeness (QED) is 0.684. The fourth-order valence-corrected chi connectivity index (χ4v) is 2.03. The molecular formula is C14H28N4O. The first kappa shape index (κ1) is 16.1. The zero-order chi connectivity index (χ0) is 14.3. The van der Waals surface area contributed by atoms with Crippen LogP contribution in [-0.2, 0) is 18.3 Å². The number of likely N-dealkylation sites (N-methyl/N-ethyl adjacent to an activating group) is 1. The van der Waals surface area contributed by atoms with E-state index in [-0.39, 0.29) is 0 Å². The van der Waals surface area contributed by atoms with Crippen LogP contribution in [0.3, 0.4) is 0 Å². The smallest absolute Gasteiger partial charge is 0.0694 e. The lowest BCUT2D eigenvalue weighted by atomic mass is 10.1. The number of methoxy groups -OCH3 is 1. The number of nitrogens with zero attached hydrogens (tertiary/aromatic N) is 3. The minimum absolute atomic E-state index is 0.474. The van der Waals surface area contributed by atoms with E-state index < -0.39 is 0 Å². The summed E-state index contributed by atoms with van der Waals surface area (Å²) in [5.74, 6) is 0.474. The SMILES string of the molecule is COCCN(C)CCNCc1cn(C)nc1C(C)C. The predicted octanol–water partition coefficient (Wildman–Crippen LogP) is 1.21. The molecule has 110 valence electrons. The summed E-state index contributed by atoms with van der Waals surface area (Å²) in [6.45, 7) is 9.03. The molecule has 1 aromatic rings. The van der Waals surface area contributed by atoms with Gasteiger partial charge in [-0.1, -0.05) is 13.8 Å². The van der Waals surface area contributed by atoms with Crippen molar-refractivity contribution in [1.82, 2.24) is 20.0 Å². The third kappa shape index (κ3) is 5.72. The summed E-state index contributed by atoms with van der Waals surface area (Å²) in [5.41, 5.74) is 2.50. The van der Waals surface area contributed by atoms with Crippen LogP contribution in [0, 0.1) is 0 Å². The molecule has 0 radical (unpaired) electrons. The van der Waals surface area contributed by atoms with Crippen molar-refractivity contribution in [2.24, 2.45) is 7.05 Å². The van der Waals surface area contributed by atoms with Crippen molar-refractivity contribution in [3.05, 3.63) is 17.5 Å². The van der Waals surface area contributed by atoms with Gasteiger partial charge < -0.3 is 15.0 Å². The number of aromatic nitrogens is 2. The molecule has 0 saturated heterocycles. The second-order valence-electron chi connectivity index (χ2n) is 5.34. The Bertz CT molecular complexity index is 362. The highest BCUT2D eigenvalue weighted by Crippen LogP contribution is 2.16. The van der Waals surface area contributed by atoms with E-state index in [4.69, 9.17) is 4.74 Å². The molecule has 0 aliphatic carbocycles. The number of rotatable bonds is 9. The Labute approximate surface area is 116 Å². The highest BCUT2D eigenvalue weighted by molar-refractivity contribution is 5.19. The molecule has 0 bridgehead atoms. The summed E-state index contributed by atoms with van der Waals surface area (Å²) >= 11 is 0. The van der Waals surface area contributed by atoms with Gasteiger partial charge in [0.1, 0.15) is 0 Å². The maximum atomic E-state index is 5.06. The van der Waals surface area contributed by atoms with Crippen LogP contribution >= 0.6 is 0 Å². The lowest BCUT2D eigenvalue weighted by Crippen LogP contribution is -2.31. The largest absolute Gasteiger partial charge is 0.383 e. The van der Waals surface area contributed by atoms with Gasteiger partial charge in [-0.25, -0.2) is 0 Å². The molecule has 0 amide bonds. The minimum atomic E-state index is 0.474. The maximum absolute atomic E-state index is 5.06. The van der Waals surface area contributed by atoms with Crippen LogP contribution in [0.2, 0.25) is 0 Å². The standard InChI is InChI=1S/C14H28N4O/c1-12(2)14-13(11-18(4)16-14)10-15-6-7-17(3)8-9-19-5/h11-12,15H,6-10H2,1-5H3. The number of nitrogens with one attached hydrogen (secondary N) is 1. The number of aryl methyl sites for hydroxylation is 1. The van der Waals surface area contributed by atoms with Crippen molar-refractivity contribution in [2.75, 3.05) is 40.4 Å². The molecule has 0 aromatic carbocycles. The van der Waals surface area contributed by atoms with Crippen LogP contribution < -0.4 is 5.32 Å². The van der Waals surface area contributed by atoms with E-state index >= 15 is 0 Å². The fourth-order valence-electron chi connectivity index (χ4n) is 2.03. The van der Waals surface area contributed by atoms with E-state index in [1.165, 1.54) is 11.3 Å². The molecule has 0 fully saturated rings. The third-order valence-corrected chi connectivity index (χ3v) is 3.15. The van der Waals surface area contributed by atoms with E-state index in [9.17, 15) is 0 Å². The molecule has 0 atom stereocenters. The van der Waals surface area contributed by atoms with Gasteiger partial charge in [-0.2, -0.15) is 5.10 Å². The molecule has 0 aliphatic rings. The van der Waals surface area contributed by atoms with Crippen LogP contribution in [0.15, 0.2) is 6.20 Å². The van der Waals surface area contributed by atoms with Crippen molar-refractivity contribution < 1.29 is 4.74 Å². The van der Waals surface area contributed by atoms with E-state index in [0.29, 0.717) is 5.92 Å². The van der Waals surface area contributed by atoms with Gasteiger partial charge in [-0.3, -0.25) is 4.68 Å². The molecule has 0 saturated carbocycles. The zero-order valence-corrected chi connectivity index (χ0v) is 12.9. The molecule has 0 aliphatic heterocycles. The second kappa shape index (κ2) is 8.30. The first-order valence-electron chi connectivity index (χ1n) is 6.95. The van der Waals surface area contributed by atoms with Crippen LogP contribution in [0.1, 0.15) is 31.0 Å². The van der Waals surface area contributed by atoms with Gasteiger partial charge in [0, 0.05) is 52.1 Å². The molecule has 0 unspecified atom stereocenters. The van der Waals surface area contributed by atoms with E-state index in [1.807, 2.05) is 11.7 Å².